The SMILES string of the molecule is O=[N+]([O-])c1ccc(NS(=O)(=O)CCCCCCCCCCCCS(=O)(=O)Nc2ccc([N+](=O)[O-])cc2O)c(O)c1. The zero-order valence-corrected chi connectivity index (χ0v) is 23.5. The first-order valence-corrected chi connectivity index (χ1v) is 16.1. The quantitative estimate of drug-likeness (QED) is 0.0729. The highest BCUT2D eigenvalue weighted by Crippen LogP contribution is 2.30. The second-order valence-corrected chi connectivity index (χ2v) is 13.0. The molecule has 14 nitrogen and oxygen atoms in total. The van der Waals surface area contributed by atoms with Gasteiger partial charge >= 0.3 is 0 Å². The van der Waals surface area contributed by atoms with Crippen LogP contribution < -0.4 is 9.44 Å². The molecule has 0 amide bonds. The number of phenols is 2. The summed E-state index contributed by atoms with van der Waals surface area (Å²) in [5, 5.41) is 41.0. The predicted molar refractivity (Wildman–Crippen MR) is 151 cm³/mol. The van der Waals surface area contributed by atoms with Crippen LogP contribution in [0.2, 0.25) is 0 Å². The molecule has 0 bridgehead atoms. The molecule has 0 saturated heterocycles. The summed E-state index contributed by atoms with van der Waals surface area (Å²) >= 11 is 0. The van der Waals surface area contributed by atoms with Crippen molar-refractivity contribution in [3.63, 3.8) is 0 Å². The molecule has 0 aromatic heterocycles. The van der Waals surface area contributed by atoms with Crippen LogP contribution in [-0.4, -0.2) is 48.4 Å². The largest absolute Gasteiger partial charge is 0.505 e. The molecule has 2 rings (SSSR count). The Labute approximate surface area is 232 Å². The summed E-state index contributed by atoms with van der Waals surface area (Å²) < 4.78 is 53.3. The number of nitro benzene ring substituents is 2. The van der Waals surface area contributed by atoms with Crippen molar-refractivity contribution in [1.29, 1.82) is 0 Å². The van der Waals surface area contributed by atoms with E-state index in [4.69, 9.17) is 0 Å². The van der Waals surface area contributed by atoms with Crippen molar-refractivity contribution in [2.45, 2.75) is 64.2 Å². The molecule has 0 spiro atoms. The van der Waals surface area contributed by atoms with E-state index in [-0.39, 0.29) is 34.3 Å². The average Bonchev–Trinajstić information content (AvgIpc) is 2.86. The third-order valence-electron chi connectivity index (χ3n) is 5.99. The van der Waals surface area contributed by atoms with Crippen molar-refractivity contribution >= 4 is 42.8 Å². The van der Waals surface area contributed by atoms with E-state index in [1.54, 1.807) is 0 Å². The van der Waals surface area contributed by atoms with E-state index in [2.05, 4.69) is 9.44 Å². The Kier molecular flexibility index (Phi) is 12.4. The van der Waals surface area contributed by atoms with Gasteiger partial charge in [-0.2, -0.15) is 0 Å². The van der Waals surface area contributed by atoms with E-state index < -0.39 is 41.4 Å². The fourth-order valence-corrected chi connectivity index (χ4v) is 6.26. The number of nitrogens with one attached hydrogen (secondary N) is 2. The lowest BCUT2D eigenvalue weighted by Crippen LogP contribution is -2.16. The molecule has 0 aliphatic carbocycles. The number of hydrogen-bond donors (Lipinski definition) is 4. The van der Waals surface area contributed by atoms with Gasteiger partial charge < -0.3 is 10.2 Å². The Morgan fingerprint density at radius 2 is 0.875 bits per heavy atom. The number of aromatic hydroxyl groups is 2. The maximum absolute atomic E-state index is 12.2. The van der Waals surface area contributed by atoms with Crippen LogP contribution in [0, 0.1) is 20.2 Å². The van der Waals surface area contributed by atoms with Crippen molar-refractivity contribution in [3.8, 4) is 11.5 Å². The van der Waals surface area contributed by atoms with Gasteiger partial charge in [-0.25, -0.2) is 16.8 Å². The first-order valence-electron chi connectivity index (χ1n) is 12.8. The van der Waals surface area contributed by atoms with Crippen molar-refractivity contribution in [2.75, 3.05) is 20.9 Å². The number of nitro groups is 2. The molecule has 0 saturated carbocycles. The highest BCUT2D eigenvalue weighted by Gasteiger charge is 2.17. The third-order valence-corrected chi connectivity index (χ3v) is 8.71. The van der Waals surface area contributed by atoms with Crippen LogP contribution in [0.1, 0.15) is 64.2 Å². The number of benzene rings is 2. The first kappa shape index (κ1) is 32.6. The molecule has 0 atom stereocenters. The zero-order valence-electron chi connectivity index (χ0n) is 21.8. The van der Waals surface area contributed by atoms with Gasteiger partial charge in [0.15, 0.2) is 0 Å². The lowest BCUT2D eigenvalue weighted by atomic mass is 10.1. The monoisotopic (exact) mass is 602 g/mol. The molecule has 40 heavy (non-hydrogen) atoms. The van der Waals surface area contributed by atoms with Crippen LogP contribution >= 0.6 is 0 Å². The highest BCUT2D eigenvalue weighted by atomic mass is 32.2. The minimum Gasteiger partial charge on any atom is -0.505 e. The fraction of sp³-hybridized carbons (Fsp3) is 0.500. The van der Waals surface area contributed by atoms with Crippen molar-refractivity contribution in [3.05, 3.63) is 56.6 Å². The molecule has 0 aliphatic rings. The molecule has 0 radical (unpaired) electrons. The van der Waals surface area contributed by atoms with E-state index in [9.17, 15) is 47.3 Å². The van der Waals surface area contributed by atoms with Gasteiger partial charge in [-0.1, -0.05) is 51.4 Å². The van der Waals surface area contributed by atoms with Crippen LogP contribution in [0.5, 0.6) is 11.5 Å². The van der Waals surface area contributed by atoms with Crippen LogP contribution in [0.15, 0.2) is 36.4 Å². The standard InChI is InChI=1S/C24H34N4O10S2/c29-23-17-19(27(31)32)11-13-21(23)25-39(35,36)15-9-7-5-3-1-2-4-6-8-10-16-40(37,38)26-22-14-12-20(28(33)34)18-24(22)30/h11-14,17-18,25-26,29-30H,1-10,15-16H2. The van der Waals surface area contributed by atoms with Crippen LogP contribution in [0.4, 0.5) is 22.7 Å². The van der Waals surface area contributed by atoms with E-state index in [0.29, 0.717) is 25.7 Å². The number of phenolic OH excluding ortho intramolecular Hbond substituents is 2. The number of rotatable bonds is 19. The zero-order chi connectivity index (χ0) is 29.8. The summed E-state index contributed by atoms with van der Waals surface area (Å²) in [5.74, 6) is -1.30. The highest BCUT2D eigenvalue weighted by molar-refractivity contribution is 7.92. The van der Waals surface area contributed by atoms with Crippen LogP contribution in [0.25, 0.3) is 0 Å². The van der Waals surface area contributed by atoms with Gasteiger partial charge in [0, 0.05) is 12.1 Å². The number of sulfonamides is 2. The maximum Gasteiger partial charge on any atom is 0.273 e. The Balaban J connectivity index is 1.52. The van der Waals surface area contributed by atoms with Gasteiger partial charge in [0.25, 0.3) is 11.4 Å². The Morgan fingerprint density at radius 1 is 0.575 bits per heavy atom. The van der Waals surface area contributed by atoms with Crippen molar-refractivity contribution in [2.24, 2.45) is 0 Å². The molecular weight excluding hydrogens is 568 g/mol. The summed E-state index contributed by atoms with van der Waals surface area (Å²) in [7, 11) is -7.40. The number of nitrogens with zero attached hydrogens (tertiary/aromatic N) is 2. The molecule has 2 aromatic carbocycles. The van der Waals surface area contributed by atoms with E-state index >= 15 is 0 Å². The number of hydrogen-bond acceptors (Lipinski definition) is 10. The average molecular weight is 603 g/mol. The van der Waals surface area contributed by atoms with Crippen molar-refractivity contribution in [1.82, 2.24) is 0 Å². The molecule has 4 N–H and O–H groups in total. The normalized spacial score (nSPS) is 11.7. The lowest BCUT2D eigenvalue weighted by molar-refractivity contribution is -0.385. The molecule has 2 aromatic rings. The second kappa shape index (κ2) is 15.2. The smallest absolute Gasteiger partial charge is 0.273 e. The topological polar surface area (TPSA) is 219 Å². The van der Waals surface area contributed by atoms with E-state index in [1.165, 1.54) is 0 Å². The van der Waals surface area contributed by atoms with Gasteiger partial charge in [0.05, 0.1) is 44.9 Å². The summed E-state index contributed by atoms with van der Waals surface area (Å²) in [4.78, 5) is 20.0. The molecular formula is C24H34N4O10S2. The summed E-state index contributed by atoms with van der Waals surface area (Å²) in [6.45, 7) is 0. The number of anilines is 2. The molecule has 222 valence electrons. The van der Waals surface area contributed by atoms with E-state index in [1.807, 2.05) is 0 Å². The Hall–Kier alpha value is -3.66. The Bertz CT molecular complexity index is 1280. The molecule has 0 heterocycles. The third kappa shape index (κ3) is 11.6. The minimum absolute atomic E-state index is 0.108. The van der Waals surface area contributed by atoms with Crippen LogP contribution in [-0.2, 0) is 20.0 Å². The van der Waals surface area contributed by atoms with Crippen molar-refractivity contribution < 1.29 is 36.9 Å². The lowest BCUT2D eigenvalue weighted by Gasteiger charge is -2.10. The number of unbranched alkanes of at least 4 members (excludes halogenated alkanes) is 9. The minimum atomic E-state index is -3.70. The molecule has 0 fully saturated rings. The summed E-state index contributed by atoms with van der Waals surface area (Å²) in [6, 6.07) is 6.27. The van der Waals surface area contributed by atoms with Crippen LogP contribution in [0.3, 0.4) is 0 Å². The van der Waals surface area contributed by atoms with Gasteiger partial charge in [-0.3, -0.25) is 29.7 Å². The Morgan fingerprint density at radius 3 is 1.15 bits per heavy atom. The van der Waals surface area contributed by atoms with Gasteiger partial charge in [0.2, 0.25) is 20.0 Å². The molecule has 0 unspecified atom stereocenters. The summed E-state index contributed by atoms with van der Waals surface area (Å²) in [5.41, 5.74) is -0.902. The number of non-ortho nitro benzene ring substituents is 2. The fourth-order valence-electron chi connectivity index (χ4n) is 3.88. The predicted octanol–water partition coefficient (Wildman–Crippen LogP) is 5.00. The molecule has 0 aliphatic heterocycles. The van der Waals surface area contributed by atoms with Gasteiger partial charge in [0.1, 0.15) is 11.5 Å². The van der Waals surface area contributed by atoms with Gasteiger partial charge in [-0.15, -0.1) is 0 Å². The van der Waals surface area contributed by atoms with E-state index in [0.717, 1.165) is 74.9 Å². The summed E-state index contributed by atoms with van der Waals surface area (Å²) in [6.07, 6.45) is 7.83. The maximum atomic E-state index is 12.2. The van der Waals surface area contributed by atoms with Gasteiger partial charge in [-0.05, 0) is 25.0 Å². The molecule has 16 heteroatoms. The first-order chi connectivity index (χ1) is 18.8. The second-order valence-electron chi connectivity index (χ2n) is 9.29.